The number of thioether (sulfide) groups is 1. The third-order valence-electron chi connectivity index (χ3n) is 1.37. The van der Waals surface area contributed by atoms with E-state index in [-0.39, 0.29) is 5.54 Å². The van der Waals surface area contributed by atoms with Crippen LogP contribution in [0.25, 0.3) is 0 Å². The molecule has 0 aromatic heterocycles. The molecule has 0 spiro atoms. The highest BCUT2D eigenvalue weighted by atomic mass is 32.2. The zero-order chi connectivity index (χ0) is 7.61. The Morgan fingerprint density at radius 1 is 1.10 bits per heavy atom. The van der Waals surface area contributed by atoms with Gasteiger partial charge >= 0.3 is 0 Å². The van der Waals surface area contributed by atoms with Crippen molar-refractivity contribution >= 4 is 11.8 Å². The lowest BCUT2D eigenvalue weighted by Gasteiger charge is -2.32. The Hall–Kier alpha value is -0.370. The summed E-state index contributed by atoms with van der Waals surface area (Å²) in [7, 11) is 0. The van der Waals surface area contributed by atoms with Gasteiger partial charge in [0.25, 0.3) is 0 Å². The first-order valence-electron chi connectivity index (χ1n) is 3.38. The van der Waals surface area contributed by atoms with Crippen molar-refractivity contribution in [2.75, 3.05) is 0 Å². The van der Waals surface area contributed by atoms with Crippen LogP contribution in [0.1, 0.15) is 20.8 Å². The smallest absolute Gasteiger partial charge is 0.0356 e. The van der Waals surface area contributed by atoms with Crippen molar-refractivity contribution in [3.8, 4) is 0 Å². The normalized spacial score (nSPS) is 18.1. The Labute approximate surface area is 66.8 Å². The minimum Gasteiger partial charge on any atom is -0.348 e. The molecule has 0 atom stereocenters. The molecule has 56 valence electrons. The van der Waals surface area contributed by atoms with Gasteiger partial charge in [-0.25, -0.2) is 0 Å². The second-order valence-electron chi connectivity index (χ2n) is 3.28. The topological polar surface area (TPSA) is 3.24 Å². The van der Waals surface area contributed by atoms with Gasteiger partial charge in [-0.3, -0.25) is 0 Å². The molecule has 10 heavy (non-hydrogen) atoms. The Bertz CT molecular complexity index is 153. The van der Waals surface area contributed by atoms with Crippen LogP contribution < -0.4 is 0 Å². The molecule has 1 aliphatic rings. The molecule has 1 heterocycles. The van der Waals surface area contributed by atoms with Crippen LogP contribution in [-0.4, -0.2) is 10.4 Å². The van der Waals surface area contributed by atoms with Crippen molar-refractivity contribution in [1.82, 2.24) is 4.90 Å². The molecule has 0 aromatic carbocycles. The van der Waals surface area contributed by atoms with Gasteiger partial charge in [-0.05, 0) is 31.6 Å². The number of hydrogen-bond acceptors (Lipinski definition) is 2. The molecule has 0 saturated carbocycles. The molecule has 0 radical (unpaired) electrons. The van der Waals surface area contributed by atoms with E-state index in [9.17, 15) is 0 Å². The molecule has 1 nitrogen and oxygen atoms in total. The average molecular weight is 155 g/mol. The van der Waals surface area contributed by atoms with E-state index >= 15 is 0 Å². The molecule has 0 aromatic rings. The van der Waals surface area contributed by atoms with Crippen LogP contribution in [0.2, 0.25) is 0 Å². The summed E-state index contributed by atoms with van der Waals surface area (Å²) in [6, 6.07) is 0. The van der Waals surface area contributed by atoms with Crippen LogP contribution in [-0.2, 0) is 0 Å². The van der Waals surface area contributed by atoms with E-state index in [1.165, 1.54) is 0 Å². The highest BCUT2D eigenvalue weighted by Crippen LogP contribution is 2.20. The van der Waals surface area contributed by atoms with E-state index < -0.39 is 0 Å². The number of hydrogen-bond donors (Lipinski definition) is 0. The van der Waals surface area contributed by atoms with Crippen LogP contribution >= 0.6 is 11.8 Å². The second-order valence-corrected chi connectivity index (χ2v) is 4.10. The molecule has 2 heteroatoms. The van der Waals surface area contributed by atoms with Gasteiger partial charge in [0.2, 0.25) is 0 Å². The summed E-state index contributed by atoms with van der Waals surface area (Å²) >= 11 is 1.71. The Morgan fingerprint density at radius 2 is 1.60 bits per heavy atom. The number of rotatable bonds is 0. The first-order valence-corrected chi connectivity index (χ1v) is 4.32. The minimum absolute atomic E-state index is 0.216. The van der Waals surface area contributed by atoms with Crippen molar-refractivity contribution in [2.45, 2.75) is 26.3 Å². The quantitative estimate of drug-likeness (QED) is 0.529. The molecule has 0 fully saturated rings. The first-order chi connectivity index (χ1) is 4.61. The zero-order valence-electron chi connectivity index (χ0n) is 6.66. The molecule has 0 unspecified atom stereocenters. The maximum absolute atomic E-state index is 2.20. The van der Waals surface area contributed by atoms with E-state index in [0.717, 1.165) is 0 Å². The van der Waals surface area contributed by atoms with Crippen LogP contribution in [0.15, 0.2) is 23.2 Å². The summed E-state index contributed by atoms with van der Waals surface area (Å²) < 4.78 is 0. The average Bonchev–Trinajstić information content (AvgIpc) is 1.88. The van der Waals surface area contributed by atoms with Crippen molar-refractivity contribution in [3.05, 3.63) is 23.2 Å². The molecule has 0 aliphatic carbocycles. The van der Waals surface area contributed by atoms with Crippen molar-refractivity contribution < 1.29 is 0 Å². The van der Waals surface area contributed by atoms with Gasteiger partial charge < -0.3 is 4.90 Å². The lowest BCUT2D eigenvalue weighted by molar-refractivity contribution is 0.281. The van der Waals surface area contributed by atoms with E-state index in [4.69, 9.17) is 0 Å². The lowest BCUT2D eigenvalue weighted by Crippen LogP contribution is -2.33. The summed E-state index contributed by atoms with van der Waals surface area (Å²) in [4.78, 5) is 2.20. The van der Waals surface area contributed by atoms with E-state index in [1.54, 1.807) is 11.8 Å². The third-order valence-corrected chi connectivity index (χ3v) is 1.93. The molecule has 1 rings (SSSR count). The van der Waals surface area contributed by atoms with Crippen LogP contribution in [0.4, 0.5) is 0 Å². The van der Waals surface area contributed by atoms with Gasteiger partial charge in [-0.15, -0.1) is 11.8 Å². The van der Waals surface area contributed by atoms with Gasteiger partial charge in [-0.2, -0.15) is 0 Å². The summed E-state index contributed by atoms with van der Waals surface area (Å²) in [6.45, 7) is 6.58. The standard InChI is InChI=1S/C8H13NS/c1-8(2,3)9-4-6-10-7-5-9/h4-7H,1-3H3. The zero-order valence-corrected chi connectivity index (χ0v) is 7.48. The second kappa shape index (κ2) is 2.70. The lowest BCUT2D eigenvalue weighted by atomic mass is 10.1. The summed E-state index contributed by atoms with van der Waals surface area (Å²) in [5, 5.41) is 4.18. The first kappa shape index (κ1) is 7.73. The highest BCUT2D eigenvalue weighted by Gasteiger charge is 2.15. The maximum atomic E-state index is 2.20. The Balaban J connectivity index is 2.64. The molecule has 0 amide bonds. The third kappa shape index (κ3) is 1.81. The summed E-state index contributed by atoms with van der Waals surface area (Å²) in [5.74, 6) is 0. The molecule has 0 bridgehead atoms. The van der Waals surface area contributed by atoms with Crippen molar-refractivity contribution in [2.24, 2.45) is 0 Å². The SMILES string of the molecule is CC(C)(C)N1C=CSC=C1. The monoisotopic (exact) mass is 155 g/mol. The van der Waals surface area contributed by atoms with Gasteiger partial charge in [0.15, 0.2) is 0 Å². The number of nitrogens with zero attached hydrogens (tertiary/aromatic N) is 1. The summed E-state index contributed by atoms with van der Waals surface area (Å²) in [6.07, 6.45) is 4.20. The predicted molar refractivity (Wildman–Crippen MR) is 47.5 cm³/mol. The molecular formula is C8H13NS. The molecule has 0 N–H and O–H groups in total. The van der Waals surface area contributed by atoms with Gasteiger partial charge in [0.1, 0.15) is 0 Å². The fraction of sp³-hybridized carbons (Fsp3) is 0.500. The largest absolute Gasteiger partial charge is 0.348 e. The fourth-order valence-electron chi connectivity index (χ4n) is 0.744. The van der Waals surface area contributed by atoms with Gasteiger partial charge in [-0.1, -0.05) is 0 Å². The van der Waals surface area contributed by atoms with E-state index in [2.05, 4.69) is 48.9 Å². The van der Waals surface area contributed by atoms with E-state index in [0.29, 0.717) is 0 Å². The van der Waals surface area contributed by atoms with Gasteiger partial charge in [0, 0.05) is 17.9 Å². The Kier molecular flexibility index (Phi) is 2.09. The fourth-order valence-corrected chi connectivity index (χ4v) is 1.24. The van der Waals surface area contributed by atoms with Crippen molar-refractivity contribution in [1.29, 1.82) is 0 Å². The predicted octanol–water partition coefficient (Wildman–Crippen LogP) is 2.78. The van der Waals surface area contributed by atoms with Crippen LogP contribution in [0, 0.1) is 0 Å². The molecule has 0 saturated heterocycles. The Morgan fingerprint density at radius 3 is 1.90 bits per heavy atom. The minimum atomic E-state index is 0.216. The van der Waals surface area contributed by atoms with Crippen LogP contribution in [0.3, 0.4) is 0 Å². The van der Waals surface area contributed by atoms with E-state index in [1.807, 2.05) is 0 Å². The maximum Gasteiger partial charge on any atom is 0.0356 e. The van der Waals surface area contributed by atoms with Crippen molar-refractivity contribution in [3.63, 3.8) is 0 Å². The summed E-state index contributed by atoms with van der Waals surface area (Å²) in [5.41, 5.74) is 0.216. The highest BCUT2D eigenvalue weighted by molar-refractivity contribution is 8.04. The molecule has 1 aliphatic heterocycles. The molecular weight excluding hydrogens is 142 g/mol. The van der Waals surface area contributed by atoms with Crippen LogP contribution in [0.5, 0.6) is 0 Å². The van der Waals surface area contributed by atoms with Gasteiger partial charge in [0.05, 0.1) is 0 Å².